The van der Waals surface area contributed by atoms with Crippen molar-refractivity contribution in [2.75, 3.05) is 13.7 Å². The molecular formula is C14H38O4Si4. The monoisotopic (exact) mass is 382 g/mol. The Morgan fingerprint density at radius 3 is 1.55 bits per heavy atom. The fourth-order valence-electron chi connectivity index (χ4n) is 2.74. The van der Waals surface area contributed by atoms with Crippen LogP contribution in [0.3, 0.4) is 0 Å². The largest absolute Gasteiger partial charge is 0.437 e. The Labute approximate surface area is 142 Å². The molecule has 0 aliphatic heterocycles. The van der Waals surface area contributed by atoms with Crippen LogP contribution in [-0.4, -0.2) is 47.5 Å². The molecule has 8 heteroatoms. The minimum atomic E-state index is -2.20. The minimum Gasteiger partial charge on any atom is -0.437 e. The van der Waals surface area contributed by atoms with Gasteiger partial charge in [0.25, 0.3) is 0 Å². The van der Waals surface area contributed by atoms with Gasteiger partial charge in [0.05, 0.1) is 0 Å². The molecule has 0 aromatic heterocycles. The zero-order chi connectivity index (χ0) is 17.7. The summed E-state index contributed by atoms with van der Waals surface area (Å²) in [6.07, 6.45) is 2.16. The van der Waals surface area contributed by atoms with Gasteiger partial charge >= 0.3 is 17.1 Å². The van der Waals surface area contributed by atoms with Gasteiger partial charge in [-0.2, -0.15) is 0 Å². The van der Waals surface area contributed by atoms with Crippen LogP contribution in [0.25, 0.3) is 0 Å². The van der Waals surface area contributed by atoms with Gasteiger partial charge in [-0.15, -0.1) is 0 Å². The van der Waals surface area contributed by atoms with E-state index in [2.05, 4.69) is 58.9 Å². The lowest BCUT2D eigenvalue weighted by Gasteiger charge is -2.41. The lowest BCUT2D eigenvalue weighted by molar-refractivity contribution is 0.193. The predicted molar refractivity (Wildman–Crippen MR) is 105 cm³/mol. The van der Waals surface area contributed by atoms with Crippen LogP contribution in [0.4, 0.5) is 0 Å². The van der Waals surface area contributed by atoms with Crippen molar-refractivity contribution in [3.05, 3.63) is 0 Å². The SMILES string of the molecule is COCCCC[Si](C)(O[Si](C)(C)C)O[Si](C)(C)O[Si](C)(C)C. The maximum absolute atomic E-state index is 6.62. The summed E-state index contributed by atoms with van der Waals surface area (Å²) in [6, 6.07) is 1.02. The third-order valence-electron chi connectivity index (χ3n) is 2.77. The van der Waals surface area contributed by atoms with E-state index < -0.39 is 33.8 Å². The number of ether oxygens (including phenoxy) is 1. The molecule has 1 unspecified atom stereocenters. The molecule has 4 nitrogen and oxygen atoms in total. The summed E-state index contributed by atoms with van der Waals surface area (Å²) in [4.78, 5) is 0. The molecule has 0 rings (SSSR count). The number of rotatable bonds is 11. The minimum absolute atomic E-state index is 0.809. The van der Waals surface area contributed by atoms with Crippen LogP contribution < -0.4 is 0 Å². The highest BCUT2D eigenvalue weighted by Crippen LogP contribution is 2.28. The van der Waals surface area contributed by atoms with Gasteiger partial charge in [0.15, 0.2) is 16.6 Å². The molecule has 0 radical (unpaired) electrons. The molecule has 1 atom stereocenters. The number of hydrogen-bond donors (Lipinski definition) is 0. The van der Waals surface area contributed by atoms with Crippen LogP contribution in [0.5, 0.6) is 0 Å². The van der Waals surface area contributed by atoms with Gasteiger partial charge in [-0.1, -0.05) is 0 Å². The summed E-state index contributed by atoms with van der Waals surface area (Å²) >= 11 is 0. The number of hydrogen-bond acceptors (Lipinski definition) is 4. The van der Waals surface area contributed by atoms with Crippen molar-refractivity contribution in [3.63, 3.8) is 0 Å². The van der Waals surface area contributed by atoms with Crippen molar-refractivity contribution in [1.82, 2.24) is 0 Å². The van der Waals surface area contributed by atoms with E-state index in [0.717, 1.165) is 25.5 Å². The van der Waals surface area contributed by atoms with Gasteiger partial charge in [0.2, 0.25) is 0 Å². The van der Waals surface area contributed by atoms with Gasteiger partial charge in [0.1, 0.15) is 0 Å². The first-order chi connectivity index (χ1) is 9.68. The Kier molecular flexibility index (Phi) is 8.98. The summed E-state index contributed by atoms with van der Waals surface area (Å²) < 4.78 is 24.7. The third kappa shape index (κ3) is 12.2. The van der Waals surface area contributed by atoms with Crippen LogP contribution in [0.2, 0.25) is 65.0 Å². The van der Waals surface area contributed by atoms with Crippen LogP contribution in [-0.2, 0) is 17.1 Å². The fourth-order valence-corrected chi connectivity index (χ4v) is 20.8. The maximum Gasteiger partial charge on any atom is 0.315 e. The molecule has 0 fully saturated rings. The molecule has 0 saturated carbocycles. The molecule has 0 aromatic carbocycles. The standard InChI is InChI=1S/C14H38O4Si4/c1-15-13-11-12-14-22(10,17-20(5,6)7)18-21(8,9)16-19(2,3)4/h11-14H2,1-10H3. The van der Waals surface area contributed by atoms with Gasteiger partial charge < -0.3 is 17.1 Å². The van der Waals surface area contributed by atoms with E-state index in [-0.39, 0.29) is 0 Å². The van der Waals surface area contributed by atoms with Crippen molar-refractivity contribution in [2.45, 2.75) is 77.8 Å². The van der Waals surface area contributed by atoms with Gasteiger partial charge in [0, 0.05) is 13.7 Å². The first kappa shape index (κ1) is 22.7. The maximum atomic E-state index is 6.62. The fraction of sp³-hybridized carbons (Fsp3) is 1.00. The van der Waals surface area contributed by atoms with E-state index in [0.29, 0.717) is 0 Å². The molecule has 0 saturated heterocycles. The Morgan fingerprint density at radius 2 is 1.14 bits per heavy atom. The van der Waals surface area contributed by atoms with Gasteiger partial charge in [-0.25, -0.2) is 0 Å². The second-order valence-electron chi connectivity index (χ2n) is 8.51. The first-order valence-corrected chi connectivity index (χ1v) is 20.4. The number of unbranched alkanes of at least 4 members (excludes halogenated alkanes) is 1. The predicted octanol–water partition coefficient (Wildman–Crippen LogP) is 4.91. The van der Waals surface area contributed by atoms with Crippen molar-refractivity contribution in [1.29, 1.82) is 0 Å². The first-order valence-electron chi connectivity index (χ1n) is 8.28. The summed E-state index contributed by atoms with van der Waals surface area (Å²) in [7, 11) is -5.84. The lowest BCUT2D eigenvalue weighted by Crippen LogP contribution is -2.56. The summed E-state index contributed by atoms with van der Waals surface area (Å²) in [5.41, 5.74) is 0. The van der Waals surface area contributed by atoms with E-state index in [4.69, 9.17) is 17.1 Å². The molecule has 0 heterocycles. The molecule has 134 valence electrons. The molecule has 0 spiro atoms. The van der Waals surface area contributed by atoms with Crippen molar-refractivity contribution < 1.29 is 17.1 Å². The highest BCUT2D eigenvalue weighted by Gasteiger charge is 2.43. The zero-order valence-electron chi connectivity index (χ0n) is 16.5. The van der Waals surface area contributed by atoms with E-state index in [1.165, 1.54) is 0 Å². The van der Waals surface area contributed by atoms with E-state index in [1.54, 1.807) is 7.11 Å². The Morgan fingerprint density at radius 1 is 0.636 bits per heavy atom. The van der Waals surface area contributed by atoms with E-state index >= 15 is 0 Å². The average Bonchev–Trinajstić information content (AvgIpc) is 2.16. The van der Waals surface area contributed by atoms with Crippen LogP contribution in [0.15, 0.2) is 0 Å². The van der Waals surface area contributed by atoms with E-state index in [9.17, 15) is 0 Å². The molecule has 0 aliphatic carbocycles. The highest BCUT2D eigenvalue weighted by molar-refractivity contribution is 6.89. The van der Waals surface area contributed by atoms with Crippen molar-refractivity contribution in [2.24, 2.45) is 0 Å². The topological polar surface area (TPSA) is 36.9 Å². The van der Waals surface area contributed by atoms with Crippen LogP contribution in [0, 0.1) is 0 Å². The molecule has 22 heavy (non-hydrogen) atoms. The van der Waals surface area contributed by atoms with Gasteiger partial charge in [-0.3, -0.25) is 0 Å². The lowest BCUT2D eigenvalue weighted by atomic mass is 10.4. The van der Waals surface area contributed by atoms with Crippen molar-refractivity contribution in [3.8, 4) is 0 Å². The molecule has 0 aliphatic rings. The Hall–Kier alpha value is 0.708. The normalized spacial score (nSPS) is 16.6. The van der Waals surface area contributed by atoms with E-state index in [1.807, 2.05) is 0 Å². The average molecular weight is 383 g/mol. The molecular weight excluding hydrogens is 344 g/mol. The van der Waals surface area contributed by atoms with Crippen molar-refractivity contribution >= 4 is 33.8 Å². The van der Waals surface area contributed by atoms with Gasteiger partial charge in [-0.05, 0) is 77.8 Å². The summed E-state index contributed by atoms with van der Waals surface area (Å²) in [6.45, 7) is 20.8. The molecule has 0 amide bonds. The van der Waals surface area contributed by atoms with Crippen LogP contribution in [0.1, 0.15) is 12.8 Å². The smallest absolute Gasteiger partial charge is 0.315 e. The summed E-state index contributed by atoms with van der Waals surface area (Å²) in [5.74, 6) is 0. The Bertz CT molecular complexity index is 326. The quantitative estimate of drug-likeness (QED) is 0.376. The molecule has 0 N–H and O–H groups in total. The zero-order valence-corrected chi connectivity index (χ0v) is 20.5. The summed E-state index contributed by atoms with van der Waals surface area (Å²) in [5, 5.41) is 0. The molecule has 0 bridgehead atoms. The third-order valence-corrected chi connectivity index (χ3v) is 16.3. The highest BCUT2D eigenvalue weighted by atomic mass is 28.5. The molecule has 0 aromatic rings. The second-order valence-corrected chi connectivity index (χ2v) is 25.0. The second kappa shape index (κ2) is 8.70. The van der Waals surface area contributed by atoms with Crippen LogP contribution >= 0.6 is 0 Å². The Balaban J connectivity index is 4.90. The number of methoxy groups -OCH3 is 1.